The Morgan fingerprint density at radius 2 is 1.89 bits per heavy atom. The number of nitrogens with one attached hydrogen (secondary N) is 1. The molecule has 1 unspecified atom stereocenters. The van der Waals surface area contributed by atoms with Gasteiger partial charge in [-0.2, -0.15) is 0 Å². The van der Waals surface area contributed by atoms with Gasteiger partial charge in [-0.25, -0.2) is 0 Å². The molecule has 2 aromatic carbocycles. The highest BCUT2D eigenvalue weighted by Crippen LogP contribution is 2.25. The third-order valence-corrected chi connectivity index (χ3v) is 3.23. The van der Waals surface area contributed by atoms with Crippen LogP contribution in [0.2, 0.25) is 0 Å². The first-order valence-electron chi connectivity index (χ1n) is 6.43. The van der Waals surface area contributed by atoms with Gasteiger partial charge in [0.1, 0.15) is 5.75 Å². The summed E-state index contributed by atoms with van der Waals surface area (Å²) in [5, 5.41) is 3.38. The van der Waals surface area contributed by atoms with Crippen molar-refractivity contribution < 1.29 is 4.74 Å². The minimum atomic E-state index is 0.433. The maximum Gasteiger partial charge on any atom is 0.121 e. The average molecular weight is 256 g/mol. The van der Waals surface area contributed by atoms with Gasteiger partial charge in [-0.1, -0.05) is 37.3 Å². The van der Waals surface area contributed by atoms with Gasteiger partial charge in [-0.3, -0.25) is 0 Å². The van der Waals surface area contributed by atoms with Gasteiger partial charge in [-0.15, -0.1) is 0 Å². The number of nitrogens with two attached hydrogens (primary N) is 1. The van der Waals surface area contributed by atoms with Crippen LogP contribution in [0.4, 0.5) is 11.4 Å². The van der Waals surface area contributed by atoms with Gasteiger partial charge < -0.3 is 15.8 Å². The number of hydrogen-bond acceptors (Lipinski definition) is 3. The van der Waals surface area contributed by atoms with Crippen molar-refractivity contribution in [3.05, 3.63) is 54.1 Å². The molecule has 3 N–H and O–H groups in total. The second-order valence-corrected chi connectivity index (χ2v) is 4.65. The summed E-state index contributed by atoms with van der Waals surface area (Å²) in [6, 6.07) is 16.1. The van der Waals surface area contributed by atoms with Crippen molar-refractivity contribution in [1.29, 1.82) is 0 Å². The van der Waals surface area contributed by atoms with Crippen LogP contribution in [0.15, 0.2) is 48.5 Å². The molecular formula is C16H20N2O. The SMILES string of the molecule is COc1ccc(NCC(C)c2ccccc2)c(N)c1. The number of ether oxygens (including phenoxy) is 1. The lowest BCUT2D eigenvalue weighted by molar-refractivity contribution is 0.415. The van der Waals surface area contributed by atoms with Gasteiger partial charge >= 0.3 is 0 Å². The van der Waals surface area contributed by atoms with E-state index in [1.165, 1.54) is 5.56 Å². The predicted octanol–water partition coefficient (Wildman–Crippen LogP) is 3.49. The summed E-state index contributed by atoms with van der Waals surface area (Å²) in [6.07, 6.45) is 0. The van der Waals surface area contributed by atoms with E-state index in [2.05, 4.69) is 36.5 Å². The highest BCUT2D eigenvalue weighted by atomic mass is 16.5. The first-order chi connectivity index (χ1) is 9.20. The molecule has 0 heterocycles. The zero-order chi connectivity index (χ0) is 13.7. The second kappa shape index (κ2) is 6.14. The monoisotopic (exact) mass is 256 g/mol. The van der Waals surface area contributed by atoms with Crippen LogP contribution in [0.1, 0.15) is 18.4 Å². The fourth-order valence-electron chi connectivity index (χ4n) is 1.99. The van der Waals surface area contributed by atoms with Gasteiger partial charge in [0.2, 0.25) is 0 Å². The van der Waals surface area contributed by atoms with E-state index < -0.39 is 0 Å². The van der Waals surface area contributed by atoms with Crippen molar-refractivity contribution in [3.63, 3.8) is 0 Å². The summed E-state index contributed by atoms with van der Waals surface area (Å²) < 4.78 is 5.14. The summed E-state index contributed by atoms with van der Waals surface area (Å²) in [5.74, 6) is 1.21. The fraction of sp³-hybridized carbons (Fsp3) is 0.250. The first-order valence-corrected chi connectivity index (χ1v) is 6.43. The van der Waals surface area contributed by atoms with Crippen LogP contribution >= 0.6 is 0 Å². The molecule has 100 valence electrons. The molecule has 0 saturated carbocycles. The number of benzene rings is 2. The van der Waals surface area contributed by atoms with Crippen LogP contribution < -0.4 is 15.8 Å². The van der Waals surface area contributed by atoms with Gasteiger partial charge in [0, 0.05) is 12.6 Å². The molecule has 19 heavy (non-hydrogen) atoms. The number of anilines is 2. The molecule has 0 radical (unpaired) electrons. The molecule has 0 spiro atoms. The van der Waals surface area contributed by atoms with Crippen molar-refractivity contribution in [2.75, 3.05) is 24.7 Å². The summed E-state index contributed by atoms with van der Waals surface area (Å²) in [4.78, 5) is 0. The molecule has 0 aliphatic heterocycles. The summed E-state index contributed by atoms with van der Waals surface area (Å²) in [7, 11) is 1.64. The molecule has 0 fully saturated rings. The van der Waals surface area contributed by atoms with Crippen LogP contribution in [-0.2, 0) is 0 Å². The van der Waals surface area contributed by atoms with Crippen LogP contribution in [0.25, 0.3) is 0 Å². The normalized spacial score (nSPS) is 11.9. The van der Waals surface area contributed by atoms with Crippen LogP contribution in [0, 0.1) is 0 Å². The number of nitrogen functional groups attached to an aromatic ring is 1. The third-order valence-electron chi connectivity index (χ3n) is 3.23. The lowest BCUT2D eigenvalue weighted by Gasteiger charge is -2.15. The quantitative estimate of drug-likeness (QED) is 0.805. The Balaban J connectivity index is 1.99. The number of rotatable bonds is 5. The summed E-state index contributed by atoms with van der Waals surface area (Å²) >= 11 is 0. The van der Waals surface area contributed by atoms with Crippen LogP contribution in [-0.4, -0.2) is 13.7 Å². The molecule has 2 aromatic rings. The Hall–Kier alpha value is -2.16. The standard InChI is InChI=1S/C16H20N2O/c1-12(13-6-4-3-5-7-13)11-18-16-9-8-14(19-2)10-15(16)17/h3-10,12,18H,11,17H2,1-2H3. The van der Waals surface area contributed by atoms with Crippen LogP contribution in [0.3, 0.4) is 0 Å². The molecule has 3 heteroatoms. The second-order valence-electron chi connectivity index (χ2n) is 4.65. The Morgan fingerprint density at radius 1 is 1.16 bits per heavy atom. The maximum absolute atomic E-state index is 5.98. The minimum absolute atomic E-state index is 0.433. The lowest BCUT2D eigenvalue weighted by atomic mass is 10.0. The smallest absolute Gasteiger partial charge is 0.121 e. The molecule has 0 bridgehead atoms. The molecule has 0 saturated heterocycles. The van der Waals surface area contributed by atoms with Crippen molar-refractivity contribution in [1.82, 2.24) is 0 Å². The molecule has 0 amide bonds. The molecule has 2 rings (SSSR count). The van der Waals surface area contributed by atoms with E-state index in [0.29, 0.717) is 11.6 Å². The molecule has 0 aliphatic carbocycles. The fourth-order valence-corrected chi connectivity index (χ4v) is 1.99. The average Bonchev–Trinajstić information content (AvgIpc) is 2.46. The highest BCUT2D eigenvalue weighted by molar-refractivity contribution is 5.68. The van der Waals surface area contributed by atoms with E-state index in [1.54, 1.807) is 7.11 Å². The van der Waals surface area contributed by atoms with Gasteiger partial charge in [0.15, 0.2) is 0 Å². The largest absolute Gasteiger partial charge is 0.497 e. The molecule has 1 atom stereocenters. The maximum atomic E-state index is 5.98. The van der Waals surface area contributed by atoms with E-state index in [4.69, 9.17) is 10.5 Å². The summed E-state index contributed by atoms with van der Waals surface area (Å²) in [5.41, 5.74) is 8.96. The zero-order valence-electron chi connectivity index (χ0n) is 11.4. The Kier molecular flexibility index (Phi) is 4.29. The van der Waals surface area contributed by atoms with E-state index in [9.17, 15) is 0 Å². The number of hydrogen-bond donors (Lipinski definition) is 2. The Labute approximate surface area is 114 Å². The van der Waals surface area contributed by atoms with E-state index in [0.717, 1.165) is 18.0 Å². The first kappa shape index (κ1) is 13.3. The van der Waals surface area contributed by atoms with E-state index in [1.807, 2.05) is 24.3 Å². The van der Waals surface area contributed by atoms with Crippen molar-refractivity contribution >= 4 is 11.4 Å². The Morgan fingerprint density at radius 3 is 2.53 bits per heavy atom. The summed E-state index contributed by atoms with van der Waals surface area (Å²) in [6.45, 7) is 3.04. The van der Waals surface area contributed by atoms with Crippen molar-refractivity contribution in [2.24, 2.45) is 0 Å². The molecule has 0 aromatic heterocycles. The minimum Gasteiger partial charge on any atom is -0.497 e. The van der Waals surface area contributed by atoms with Crippen molar-refractivity contribution in [3.8, 4) is 5.75 Å². The number of methoxy groups -OCH3 is 1. The Bertz CT molecular complexity index is 526. The molecule has 3 nitrogen and oxygen atoms in total. The van der Waals surface area contributed by atoms with E-state index >= 15 is 0 Å². The molecular weight excluding hydrogens is 236 g/mol. The highest BCUT2D eigenvalue weighted by Gasteiger charge is 2.06. The van der Waals surface area contributed by atoms with Gasteiger partial charge in [-0.05, 0) is 23.6 Å². The van der Waals surface area contributed by atoms with Crippen molar-refractivity contribution in [2.45, 2.75) is 12.8 Å². The van der Waals surface area contributed by atoms with E-state index in [-0.39, 0.29) is 0 Å². The predicted molar refractivity (Wildman–Crippen MR) is 80.8 cm³/mol. The van der Waals surface area contributed by atoms with Gasteiger partial charge in [0.25, 0.3) is 0 Å². The topological polar surface area (TPSA) is 47.3 Å². The lowest BCUT2D eigenvalue weighted by Crippen LogP contribution is -2.11. The van der Waals surface area contributed by atoms with Gasteiger partial charge in [0.05, 0.1) is 18.5 Å². The third kappa shape index (κ3) is 3.41. The zero-order valence-corrected chi connectivity index (χ0v) is 11.4. The molecule has 0 aliphatic rings. The van der Waals surface area contributed by atoms with Crippen LogP contribution in [0.5, 0.6) is 5.75 Å².